The summed E-state index contributed by atoms with van der Waals surface area (Å²) in [5.74, 6) is 0.498. The van der Waals surface area contributed by atoms with Gasteiger partial charge in [-0.3, -0.25) is 4.90 Å². The predicted octanol–water partition coefficient (Wildman–Crippen LogP) is 2.57. The molecule has 1 heterocycles. The Morgan fingerprint density at radius 3 is 2.67 bits per heavy atom. The predicted molar refractivity (Wildman–Crippen MR) is 72.8 cm³/mol. The van der Waals surface area contributed by atoms with E-state index in [4.69, 9.17) is 4.74 Å². The molecule has 3 nitrogen and oxygen atoms in total. The minimum Gasteiger partial charge on any atom is -0.507 e. The Hall–Kier alpha value is -1.06. The zero-order chi connectivity index (χ0) is 12.8. The lowest BCUT2D eigenvalue weighted by Gasteiger charge is -2.27. The molecule has 1 fully saturated rings. The molecule has 100 valence electrons. The molecule has 1 saturated heterocycles. The molecule has 1 aliphatic rings. The van der Waals surface area contributed by atoms with Crippen LogP contribution in [0.25, 0.3) is 0 Å². The maximum atomic E-state index is 10.3. The van der Waals surface area contributed by atoms with E-state index in [1.807, 2.05) is 12.1 Å². The van der Waals surface area contributed by atoms with Gasteiger partial charge in [0.1, 0.15) is 5.75 Å². The Balaban J connectivity index is 2.02. The highest BCUT2D eigenvalue weighted by Gasteiger charge is 2.14. The summed E-state index contributed by atoms with van der Waals surface area (Å²) in [6, 6.07) is 6.12. The van der Waals surface area contributed by atoms with Crippen LogP contribution in [-0.2, 0) is 17.7 Å². The van der Waals surface area contributed by atoms with Crippen LogP contribution in [0.3, 0.4) is 0 Å². The summed E-state index contributed by atoms with van der Waals surface area (Å²) in [7, 11) is 0. The van der Waals surface area contributed by atoms with E-state index >= 15 is 0 Å². The summed E-state index contributed by atoms with van der Waals surface area (Å²) < 4.78 is 5.34. The first-order valence-electron chi connectivity index (χ1n) is 6.91. The van der Waals surface area contributed by atoms with E-state index in [0.29, 0.717) is 5.75 Å². The van der Waals surface area contributed by atoms with Gasteiger partial charge in [0, 0.05) is 25.2 Å². The molecule has 1 aromatic rings. The topological polar surface area (TPSA) is 32.7 Å². The maximum Gasteiger partial charge on any atom is 0.123 e. The average molecular weight is 249 g/mol. The minimum absolute atomic E-state index is 0.498. The third-order valence-electron chi connectivity index (χ3n) is 3.50. The van der Waals surface area contributed by atoms with Crippen molar-refractivity contribution in [2.75, 3.05) is 26.3 Å². The molecular formula is C15H23NO2. The zero-order valence-corrected chi connectivity index (χ0v) is 11.2. The first-order valence-corrected chi connectivity index (χ1v) is 6.91. The molecule has 0 atom stereocenters. The Bertz CT molecular complexity index is 373. The Labute approximate surface area is 109 Å². The fourth-order valence-electron chi connectivity index (χ4n) is 2.34. The average Bonchev–Trinajstić information content (AvgIpc) is 2.41. The molecule has 1 N–H and O–H groups in total. The van der Waals surface area contributed by atoms with Crippen LogP contribution in [0.2, 0.25) is 0 Å². The molecule has 1 aromatic carbocycles. The molecule has 0 saturated carbocycles. The summed E-state index contributed by atoms with van der Waals surface area (Å²) >= 11 is 0. The van der Waals surface area contributed by atoms with Crippen molar-refractivity contribution in [2.45, 2.75) is 32.7 Å². The minimum atomic E-state index is 0.498. The fraction of sp³-hybridized carbons (Fsp3) is 0.600. The van der Waals surface area contributed by atoms with Gasteiger partial charge in [-0.05, 0) is 18.4 Å². The number of hydrogen-bond acceptors (Lipinski definition) is 3. The van der Waals surface area contributed by atoms with Gasteiger partial charge in [0.2, 0.25) is 0 Å². The standard InChI is InChI=1S/C15H23NO2/c1-2-3-5-13-6-4-7-14(15(13)17)12-16-8-10-18-11-9-16/h4,6-7,17H,2-3,5,8-12H2,1H3. The second kappa shape index (κ2) is 6.76. The number of hydrogen-bond donors (Lipinski definition) is 1. The summed E-state index contributed by atoms with van der Waals surface area (Å²) in [5, 5.41) is 10.3. The van der Waals surface area contributed by atoms with Gasteiger partial charge in [0.05, 0.1) is 13.2 Å². The second-order valence-corrected chi connectivity index (χ2v) is 4.92. The van der Waals surface area contributed by atoms with Gasteiger partial charge in [0.15, 0.2) is 0 Å². The lowest BCUT2D eigenvalue weighted by atomic mass is 10.0. The number of rotatable bonds is 5. The number of para-hydroxylation sites is 1. The van der Waals surface area contributed by atoms with Crippen LogP contribution in [0.4, 0.5) is 0 Å². The lowest BCUT2D eigenvalue weighted by Crippen LogP contribution is -2.35. The van der Waals surface area contributed by atoms with E-state index in [9.17, 15) is 5.11 Å². The number of phenolic OH excluding ortho intramolecular Hbond substituents is 1. The molecule has 0 bridgehead atoms. The smallest absolute Gasteiger partial charge is 0.123 e. The number of phenols is 1. The van der Waals surface area contributed by atoms with Crippen LogP contribution < -0.4 is 0 Å². The molecule has 0 unspecified atom stereocenters. The van der Waals surface area contributed by atoms with Gasteiger partial charge in [0.25, 0.3) is 0 Å². The SMILES string of the molecule is CCCCc1cccc(CN2CCOCC2)c1O. The van der Waals surface area contributed by atoms with Crippen molar-refractivity contribution in [2.24, 2.45) is 0 Å². The summed E-state index contributed by atoms with van der Waals surface area (Å²) in [4.78, 5) is 2.34. The lowest BCUT2D eigenvalue weighted by molar-refractivity contribution is 0.0338. The van der Waals surface area contributed by atoms with Gasteiger partial charge in [-0.2, -0.15) is 0 Å². The normalized spacial score (nSPS) is 16.9. The molecule has 0 aromatic heterocycles. The van der Waals surface area contributed by atoms with Crippen LogP contribution in [0.1, 0.15) is 30.9 Å². The third kappa shape index (κ3) is 3.47. The highest BCUT2D eigenvalue weighted by Crippen LogP contribution is 2.25. The first kappa shape index (κ1) is 13.4. The molecular weight excluding hydrogens is 226 g/mol. The molecule has 0 amide bonds. The maximum absolute atomic E-state index is 10.3. The van der Waals surface area contributed by atoms with Crippen LogP contribution >= 0.6 is 0 Å². The molecule has 2 rings (SSSR count). The summed E-state index contributed by atoms with van der Waals surface area (Å²) in [6.45, 7) is 6.52. The Morgan fingerprint density at radius 1 is 1.22 bits per heavy atom. The summed E-state index contributed by atoms with van der Waals surface area (Å²) in [5.41, 5.74) is 2.13. The number of nitrogens with zero attached hydrogens (tertiary/aromatic N) is 1. The first-order chi connectivity index (χ1) is 8.81. The number of benzene rings is 1. The Kier molecular flexibility index (Phi) is 5.02. The van der Waals surface area contributed by atoms with Crippen molar-refractivity contribution in [1.82, 2.24) is 4.90 Å². The van der Waals surface area contributed by atoms with Gasteiger partial charge < -0.3 is 9.84 Å². The molecule has 0 spiro atoms. The fourth-order valence-corrected chi connectivity index (χ4v) is 2.34. The van der Waals surface area contributed by atoms with E-state index in [1.54, 1.807) is 0 Å². The van der Waals surface area contributed by atoms with Crippen LogP contribution in [0.5, 0.6) is 5.75 Å². The number of unbranched alkanes of at least 4 members (excludes halogenated alkanes) is 1. The Morgan fingerprint density at radius 2 is 1.94 bits per heavy atom. The molecule has 18 heavy (non-hydrogen) atoms. The van der Waals surface area contributed by atoms with Gasteiger partial charge in [-0.1, -0.05) is 31.5 Å². The van der Waals surface area contributed by atoms with Crippen molar-refractivity contribution < 1.29 is 9.84 Å². The highest BCUT2D eigenvalue weighted by molar-refractivity contribution is 5.40. The van der Waals surface area contributed by atoms with E-state index in [-0.39, 0.29) is 0 Å². The van der Waals surface area contributed by atoms with Gasteiger partial charge in [-0.25, -0.2) is 0 Å². The van der Waals surface area contributed by atoms with Crippen molar-refractivity contribution in [1.29, 1.82) is 0 Å². The quantitative estimate of drug-likeness (QED) is 0.870. The summed E-state index contributed by atoms with van der Waals surface area (Å²) in [6.07, 6.45) is 3.26. The number of aryl methyl sites for hydroxylation is 1. The largest absolute Gasteiger partial charge is 0.507 e. The third-order valence-corrected chi connectivity index (χ3v) is 3.50. The number of aromatic hydroxyl groups is 1. The van der Waals surface area contributed by atoms with Gasteiger partial charge >= 0.3 is 0 Å². The van der Waals surface area contributed by atoms with Gasteiger partial charge in [-0.15, -0.1) is 0 Å². The van der Waals surface area contributed by atoms with Crippen molar-refractivity contribution >= 4 is 0 Å². The van der Waals surface area contributed by atoms with Crippen LogP contribution in [0, 0.1) is 0 Å². The molecule has 1 aliphatic heterocycles. The van der Waals surface area contributed by atoms with E-state index in [0.717, 1.165) is 63.2 Å². The van der Waals surface area contributed by atoms with E-state index < -0.39 is 0 Å². The number of ether oxygens (including phenoxy) is 1. The highest BCUT2D eigenvalue weighted by atomic mass is 16.5. The van der Waals surface area contributed by atoms with Crippen molar-refractivity contribution in [3.8, 4) is 5.75 Å². The van der Waals surface area contributed by atoms with E-state index in [2.05, 4.69) is 17.9 Å². The molecule has 0 radical (unpaired) electrons. The van der Waals surface area contributed by atoms with Crippen molar-refractivity contribution in [3.63, 3.8) is 0 Å². The molecule has 0 aliphatic carbocycles. The van der Waals surface area contributed by atoms with Crippen LogP contribution in [0.15, 0.2) is 18.2 Å². The van der Waals surface area contributed by atoms with E-state index in [1.165, 1.54) is 0 Å². The zero-order valence-electron chi connectivity index (χ0n) is 11.2. The van der Waals surface area contributed by atoms with Crippen LogP contribution in [-0.4, -0.2) is 36.3 Å². The second-order valence-electron chi connectivity index (χ2n) is 4.92. The number of morpholine rings is 1. The molecule has 3 heteroatoms. The monoisotopic (exact) mass is 249 g/mol. The van der Waals surface area contributed by atoms with Crippen molar-refractivity contribution in [3.05, 3.63) is 29.3 Å².